The Kier molecular flexibility index (Phi) is 12.5. The van der Waals surface area contributed by atoms with Crippen LogP contribution in [0.15, 0.2) is 59.6 Å². The number of rotatable bonds is 10. The van der Waals surface area contributed by atoms with Gasteiger partial charge in [-0.25, -0.2) is 4.39 Å². The molecular formula is C21H29FIN3O. The molecule has 0 saturated heterocycles. The number of ether oxygens (including phenoxy) is 1. The van der Waals surface area contributed by atoms with Crippen LogP contribution in [-0.4, -0.2) is 32.7 Å². The zero-order chi connectivity index (χ0) is 18.5. The van der Waals surface area contributed by atoms with Crippen LogP contribution < -0.4 is 10.6 Å². The van der Waals surface area contributed by atoms with Crippen LogP contribution in [0.25, 0.3) is 0 Å². The van der Waals surface area contributed by atoms with Crippen molar-refractivity contribution in [2.24, 2.45) is 4.99 Å². The van der Waals surface area contributed by atoms with Crippen molar-refractivity contribution in [2.75, 3.05) is 26.7 Å². The summed E-state index contributed by atoms with van der Waals surface area (Å²) in [5.41, 5.74) is 2.18. The number of hydrogen-bond donors (Lipinski definition) is 2. The minimum absolute atomic E-state index is 0. The summed E-state index contributed by atoms with van der Waals surface area (Å²) in [6.07, 6.45) is 2.77. The van der Waals surface area contributed by atoms with Gasteiger partial charge in [-0.1, -0.05) is 42.5 Å². The van der Waals surface area contributed by atoms with Crippen molar-refractivity contribution in [1.82, 2.24) is 10.6 Å². The minimum Gasteiger partial charge on any atom is -0.377 e. The van der Waals surface area contributed by atoms with Crippen molar-refractivity contribution in [3.05, 3.63) is 71.5 Å². The molecule has 0 atom stereocenters. The van der Waals surface area contributed by atoms with Gasteiger partial charge in [0.15, 0.2) is 5.96 Å². The second-order valence-corrected chi connectivity index (χ2v) is 6.05. The molecule has 148 valence electrons. The van der Waals surface area contributed by atoms with E-state index >= 15 is 0 Å². The van der Waals surface area contributed by atoms with E-state index in [4.69, 9.17) is 4.74 Å². The highest BCUT2D eigenvalue weighted by Crippen LogP contribution is 2.03. The van der Waals surface area contributed by atoms with Crippen LogP contribution in [0.1, 0.15) is 24.0 Å². The Labute approximate surface area is 178 Å². The first-order valence-electron chi connectivity index (χ1n) is 9.08. The van der Waals surface area contributed by atoms with Gasteiger partial charge in [0.1, 0.15) is 5.82 Å². The molecule has 2 rings (SSSR count). The normalized spacial score (nSPS) is 11.0. The second kappa shape index (κ2) is 14.4. The van der Waals surface area contributed by atoms with Crippen LogP contribution in [0, 0.1) is 5.82 Å². The molecule has 0 unspecified atom stereocenters. The molecule has 0 heterocycles. The Hall–Kier alpha value is -1.67. The van der Waals surface area contributed by atoms with E-state index in [1.165, 1.54) is 11.6 Å². The minimum atomic E-state index is -0.195. The van der Waals surface area contributed by atoms with E-state index in [-0.39, 0.29) is 29.8 Å². The fraction of sp³-hybridized carbons (Fsp3) is 0.381. The third-order valence-corrected chi connectivity index (χ3v) is 3.94. The lowest BCUT2D eigenvalue weighted by Gasteiger charge is -2.12. The second-order valence-electron chi connectivity index (χ2n) is 6.05. The molecule has 4 nitrogen and oxygen atoms in total. The highest BCUT2D eigenvalue weighted by molar-refractivity contribution is 14.0. The van der Waals surface area contributed by atoms with Crippen molar-refractivity contribution in [3.63, 3.8) is 0 Å². The molecule has 2 aromatic rings. The zero-order valence-corrected chi connectivity index (χ0v) is 18.1. The summed E-state index contributed by atoms with van der Waals surface area (Å²) in [5, 5.41) is 6.53. The Morgan fingerprint density at radius 2 is 1.70 bits per heavy atom. The van der Waals surface area contributed by atoms with Gasteiger partial charge in [-0.2, -0.15) is 0 Å². The number of halogens is 2. The number of guanidine groups is 1. The predicted molar refractivity (Wildman–Crippen MR) is 120 cm³/mol. The van der Waals surface area contributed by atoms with Crippen LogP contribution in [-0.2, 0) is 17.8 Å². The first-order valence-corrected chi connectivity index (χ1v) is 9.08. The fourth-order valence-corrected chi connectivity index (χ4v) is 2.54. The molecule has 0 amide bonds. The number of unbranched alkanes of at least 4 members (excludes halogenated alkanes) is 1. The molecule has 2 aromatic carbocycles. The average molecular weight is 485 g/mol. The maximum absolute atomic E-state index is 13.1. The summed E-state index contributed by atoms with van der Waals surface area (Å²) in [4.78, 5) is 4.20. The zero-order valence-electron chi connectivity index (χ0n) is 15.8. The largest absolute Gasteiger partial charge is 0.377 e. The van der Waals surface area contributed by atoms with Gasteiger partial charge < -0.3 is 15.4 Å². The topological polar surface area (TPSA) is 45.7 Å². The fourth-order valence-electron chi connectivity index (χ4n) is 2.54. The molecule has 0 saturated carbocycles. The lowest BCUT2D eigenvalue weighted by molar-refractivity contribution is 0.117. The molecule has 0 radical (unpaired) electrons. The lowest BCUT2D eigenvalue weighted by Crippen LogP contribution is -2.38. The molecule has 0 aliphatic carbocycles. The Morgan fingerprint density at radius 3 is 2.44 bits per heavy atom. The molecule has 0 aliphatic heterocycles. The van der Waals surface area contributed by atoms with Crippen LogP contribution >= 0.6 is 24.0 Å². The molecular weight excluding hydrogens is 456 g/mol. The van der Waals surface area contributed by atoms with E-state index in [0.29, 0.717) is 13.2 Å². The van der Waals surface area contributed by atoms with Crippen LogP contribution in [0.3, 0.4) is 0 Å². The lowest BCUT2D eigenvalue weighted by atomic mass is 10.1. The monoisotopic (exact) mass is 485 g/mol. The van der Waals surface area contributed by atoms with Crippen molar-refractivity contribution in [3.8, 4) is 0 Å². The van der Waals surface area contributed by atoms with Gasteiger partial charge in [0.2, 0.25) is 0 Å². The van der Waals surface area contributed by atoms with Gasteiger partial charge >= 0.3 is 0 Å². The molecule has 2 N–H and O–H groups in total. The van der Waals surface area contributed by atoms with E-state index in [2.05, 4.69) is 27.8 Å². The van der Waals surface area contributed by atoms with Crippen LogP contribution in [0.2, 0.25) is 0 Å². The maximum Gasteiger partial charge on any atom is 0.190 e. The summed E-state index contributed by atoms with van der Waals surface area (Å²) < 4.78 is 18.8. The van der Waals surface area contributed by atoms with Gasteiger partial charge in [0.25, 0.3) is 0 Å². The van der Waals surface area contributed by atoms with Gasteiger partial charge in [-0.15, -0.1) is 24.0 Å². The molecule has 0 aromatic heterocycles. The molecule has 0 aliphatic rings. The first-order chi connectivity index (χ1) is 12.8. The van der Waals surface area contributed by atoms with Gasteiger partial charge in [-0.05, 0) is 42.5 Å². The molecule has 0 bridgehead atoms. The van der Waals surface area contributed by atoms with Crippen molar-refractivity contribution in [2.45, 2.75) is 25.9 Å². The van der Waals surface area contributed by atoms with Crippen LogP contribution in [0.5, 0.6) is 0 Å². The Balaban J connectivity index is 0.00000364. The molecule has 0 spiro atoms. The van der Waals surface area contributed by atoms with E-state index in [1.807, 2.05) is 24.3 Å². The van der Waals surface area contributed by atoms with Crippen LogP contribution in [0.4, 0.5) is 4.39 Å². The number of benzene rings is 2. The molecule has 0 fully saturated rings. The van der Waals surface area contributed by atoms with Crippen molar-refractivity contribution in [1.29, 1.82) is 0 Å². The highest BCUT2D eigenvalue weighted by atomic mass is 127. The SMILES string of the molecule is CN=C(NCCCCOCc1ccccc1)NCCc1cccc(F)c1.I. The van der Waals surface area contributed by atoms with E-state index in [9.17, 15) is 4.39 Å². The number of aliphatic imine (C=N–C) groups is 1. The quantitative estimate of drug-likeness (QED) is 0.230. The smallest absolute Gasteiger partial charge is 0.190 e. The van der Waals surface area contributed by atoms with Gasteiger partial charge in [0.05, 0.1) is 6.61 Å². The highest BCUT2D eigenvalue weighted by Gasteiger charge is 1.99. The summed E-state index contributed by atoms with van der Waals surface area (Å²) in [6.45, 7) is 2.97. The van der Waals surface area contributed by atoms with Gasteiger partial charge in [-0.3, -0.25) is 4.99 Å². The molecule has 27 heavy (non-hydrogen) atoms. The summed E-state index contributed by atoms with van der Waals surface area (Å²) in [5.74, 6) is 0.575. The standard InChI is InChI=1S/C21H28FN3O.HI/c1-23-21(25-14-12-18-10-7-11-20(22)16-18)24-13-5-6-15-26-17-19-8-3-2-4-9-19;/h2-4,7-11,16H,5-6,12-15,17H2,1H3,(H2,23,24,25);1H. The van der Waals surface area contributed by atoms with Crippen molar-refractivity contribution < 1.29 is 9.13 Å². The number of nitrogens with one attached hydrogen (secondary N) is 2. The summed E-state index contributed by atoms with van der Waals surface area (Å²) >= 11 is 0. The van der Waals surface area contributed by atoms with Crippen molar-refractivity contribution >= 4 is 29.9 Å². The van der Waals surface area contributed by atoms with E-state index in [1.54, 1.807) is 19.2 Å². The summed E-state index contributed by atoms with van der Waals surface area (Å²) in [7, 11) is 1.75. The number of hydrogen-bond acceptors (Lipinski definition) is 2. The third kappa shape index (κ3) is 10.3. The Morgan fingerprint density at radius 1 is 0.963 bits per heavy atom. The maximum atomic E-state index is 13.1. The predicted octanol–water partition coefficient (Wildman–Crippen LogP) is 4.15. The van der Waals surface area contributed by atoms with E-state index < -0.39 is 0 Å². The molecule has 6 heteroatoms. The first kappa shape index (κ1) is 23.4. The Bertz CT molecular complexity index is 667. The van der Waals surface area contributed by atoms with Gasteiger partial charge in [0, 0.05) is 26.7 Å². The van der Waals surface area contributed by atoms with E-state index in [0.717, 1.165) is 43.9 Å². The third-order valence-electron chi connectivity index (χ3n) is 3.94. The average Bonchev–Trinajstić information content (AvgIpc) is 2.66. The summed E-state index contributed by atoms with van der Waals surface area (Å²) in [6, 6.07) is 16.9. The number of nitrogens with zero attached hydrogens (tertiary/aromatic N) is 1.